The molecule has 2 N–H and O–H groups in total. The zero-order valence-corrected chi connectivity index (χ0v) is 57.5. The van der Waals surface area contributed by atoms with E-state index in [0.29, 0.717) is 17.4 Å². The maximum absolute atomic E-state index is 13.6. The molecule has 0 aromatic rings. The Morgan fingerprint density at radius 2 is 0.718 bits per heavy atom. The Morgan fingerprint density at radius 1 is 0.412 bits per heavy atom. The molecule has 1 amide bonds. The number of allylic oxidation sites excluding steroid dienone is 13. The van der Waals surface area contributed by atoms with Crippen LogP contribution in [-0.4, -0.2) is 74.3 Å². The summed E-state index contributed by atoms with van der Waals surface area (Å²) >= 11 is 0. The summed E-state index contributed by atoms with van der Waals surface area (Å²) in [5, 5.41) is 3.07. The molecule has 3 unspecified atom stereocenters. The maximum atomic E-state index is 13.6. The van der Waals surface area contributed by atoms with E-state index in [-0.39, 0.29) is 31.5 Å². The van der Waals surface area contributed by atoms with E-state index >= 15 is 0 Å². The lowest BCUT2D eigenvalue weighted by atomic mass is 10.0. The number of ether oxygens (including phenoxy) is 1. The van der Waals surface area contributed by atoms with Crippen molar-refractivity contribution < 1.29 is 37.3 Å². The van der Waals surface area contributed by atoms with Crippen LogP contribution in [0.25, 0.3) is 0 Å². The van der Waals surface area contributed by atoms with Crippen LogP contribution in [0.5, 0.6) is 0 Å². The van der Waals surface area contributed by atoms with Crippen LogP contribution >= 0.6 is 7.82 Å². The first-order chi connectivity index (χ1) is 41.4. The lowest BCUT2D eigenvalue weighted by Crippen LogP contribution is -2.47. The van der Waals surface area contributed by atoms with E-state index in [1.807, 2.05) is 33.3 Å². The van der Waals surface area contributed by atoms with Crippen molar-refractivity contribution in [3.8, 4) is 0 Å². The van der Waals surface area contributed by atoms with E-state index in [2.05, 4.69) is 99.0 Å². The van der Waals surface area contributed by atoms with Crippen LogP contribution in [0.3, 0.4) is 0 Å². The van der Waals surface area contributed by atoms with Gasteiger partial charge in [-0.3, -0.25) is 18.6 Å². The molecule has 0 aromatic carbocycles. The molecule has 0 aliphatic carbocycles. The Labute approximate surface area is 526 Å². The summed E-state index contributed by atoms with van der Waals surface area (Å²) in [5.74, 6) is -0.507. The minimum absolute atomic E-state index is 0.0365. The molecular weight excluding hydrogens is 1070 g/mol. The Kier molecular flexibility index (Phi) is 62.1. The minimum Gasteiger partial charge on any atom is -0.456 e. The van der Waals surface area contributed by atoms with Crippen LogP contribution in [0.4, 0.5) is 0 Å². The fourth-order valence-electron chi connectivity index (χ4n) is 10.2. The van der Waals surface area contributed by atoms with Gasteiger partial charge in [0.25, 0.3) is 0 Å². The highest BCUT2D eigenvalue weighted by atomic mass is 31.2. The Morgan fingerprint density at radius 3 is 1.09 bits per heavy atom. The van der Waals surface area contributed by atoms with E-state index in [0.717, 1.165) is 96.3 Å². The summed E-state index contributed by atoms with van der Waals surface area (Å²) in [6, 6.07) is -0.857. The number of esters is 1. The first-order valence-corrected chi connectivity index (χ1v) is 37.4. The zero-order valence-electron chi connectivity index (χ0n) is 56.6. The van der Waals surface area contributed by atoms with Crippen LogP contribution < -0.4 is 5.32 Å². The number of phosphoric ester groups is 1. The molecule has 0 heterocycles. The van der Waals surface area contributed by atoms with Crippen LogP contribution in [0.15, 0.2) is 85.1 Å². The number of nitrogens with zero attached hydrogens (tertiary/aromatic N) is 1. The van der Waals surface area contributed by atoms with E-state index in [1.165, 1.54) is 199 Å². The van der Waals surface area contributed by atoms with Gasteiger partial charge in [0.2, 0.25) is 5.91 Å². The number of unbranched alkanes of at least 4 members (excludes halogenated alkanes) is 37. The molecule has 0 aliphatic rings. The predicted octanol–water partition coefficient (Wildman–Crippen LogP) is 22.9. The van der Waals surface area contributed by atoms with Gasteiger partial charge in [0, 0.05) is 12.8 Å². The van der Waals surface area contributed by atoms with Crippen molar-refractivity contribution in [2.75, 3.05) is 40.9 Å². The van der Waals surface area contributed by atoms with Crippen LogP contribution in [0.2, 0.25) is 0 Å². The number of rotatable bonds is 65. The van der Waals surface area contributed by atoms with Gasteiger partial charge >= 0.3 is 13.8 Å². The van der Waals surface area contributed by atoms with Crippen molar-refractivity contribution in [1.82, 2.24) is 5.32 Å². The van der Waals surface area contributed by atoms with Gasteiger partial charge in [-0.1, -0.05) is 292 Å². The van der Waals surface area contributed by atoms with E-state index < -0.39 is 20.0 Å². The minimum atomic E-state index is -4.46. The van der Waals surface area contributed by atoms with E-state index in [9.17, 15) is 19.0 Å². The molecule has 0 aliphatic heterocycles. The Bertz CT molecular complexity index is 1730. The van der Waals surface area contributed by atoms with Gasteiger partial charge in [-0.05, 0) is 109 Å². The average Bonchev–Trinajstić information content (AvgIpc) is 3.48. The maximum Gasteiger partial charge on any atom is 0.472 e. The fraction of sp³-hybridized carbons (Fsp3) is 0.787. The SMILES string of the molecule is CCCCC/C=C\C/C=C\C/C=C\C/C=C\CCCCCCCCCCCC(=O)OC(/C=C/CCCCCCCCCCCCC)C(COP(=O)(O)OCC[N+](C)(C)C)NC(=O)CCCCCCCCCCCCC/C=C\C/C=C\CCCCC. The van der Waals surface area contributed by atoms with Crippen molar-refractivity contribution >= 4 is 19.7 Å². The van der Waals surface area contributed by atoms with Gasteiger partial charge in [0.1, 0.15) is 19.3 Å². The van der Waals surface area contributed by atoms with Gasteiger partial charge in [-0.15, -0.1) is 0 Å². The topological polar surface area (TPSA) is 111 Å². The molecule has 9 nitrogen and oxygen atoms in total. The number of likely N-dealkylation sites (N-methyl/N-ethyl adjacent to an activating group) is 1. The lowest BCUT2D eigenvalue weighted by Gasteiger charge is -2.27. The Hall–Kier alpha value is -2.81. The molecule has 0 saturated carbocycles. The van der Waals surface area contributed by atoms with Crippen molar-refractivity contribution in [3.05, 3.63) is 85.1 Å². The molecule has 0 bridgehead atoms. The Balaban J connectivity index is 5.12. The second kappa shape index (κ2) is 64.2. The van der Waals surface area contributed by atoms with Gasteiger partial charge < -0.3 is 19.4 Å². The summed E-state index contributed by atoms with van der Waals surface area (Å²) < 4.78 is 30.9. The molecule has 10 heteroatoms. The highest BCUT2D eigenvalue weighted by Crippen LogP contribution is 2.43. The van der Waals surface area contributed by atoms with Gasteiger partial charge in [-0.2, -0.15) is 0 Å². The van der Waals surface area contributed by atoms with Crippen molar-refractivity contribution in [2.45, 2.75) is 341 Å². The van der Waals surface area contributed by atoms with Crippen LogP contribution in [-0.2, 0) is 27.9 Å². The van der Waals surface area contributed by atoms with Gasteiger partial charge in [0.15, 0.2) is 0 Å². The third-order valence-electron chi connectivity index (χ3n) is 15.8. The number of amides is 1. The number of hydrogen-bond donors (Lipinski definition) is 2. The van der Waals surface area contributed by atoms with Gasteiger partial charge in [0.05, 0.1) is 33.8 Å². The molecule has 494 valence electrons. The monoisotopic (exact) mass is 1210 g/mol. The molecule has 85 heavy (non-hydrogen) atoms. The number of hydrogen-bond acceptors (Lipinski definition) is 6. The summed E-state index contributed by atoms with van der Waals surface area (Å²) in [4.78, 5) is 37.9. The number of carbonyl (C=O) groups is 2. The van der Waals surface area contributed by atoms with E-state index in [4.69, 9.17) is 13.8 Å². The standard InChI is InChI=1S/C75H137N2O7P/c1-7-10-13-16-19-22-25-28-30-32-34-36-37-38-39-41-43-45-47-50-53-56-59-62-65-68-75(79)84-73(66-63-60-57-54-51-48-27-24-21-18-15-12-9-3)72(71-83-85(80,81)82-70-69-77(4,5)6)76-74(78)67-64-61-58-55-52-49-46-44-42-40-35-33-31-29-26-23-20-17-14-11-8-2/h19-20,22-23,28-31,34,36,38-39,63,66,72-73H,7-18,21,24-27,32-33,35,37,40-62,64-65,67-71H2,1-6H3,(H-,76,78,80,81)/p+1/b22-19-,23-20-,30-28-,31-29-,36-34-,39-38-,66-63+. The summed E-state index contributed by atoms with van der Waals surface area (Å²) in [7, 11) is 1.49. The molecule has 0 rings (SSSR count). The number of quaternary nitrogens is 1. The predicted molar refractivity (Wildman–Crippen MR) is 369 cm³/mol. The molecule has 0 radical (unpaired) electrons. The number of carbonyl (C=O) groups excluding carboxylic acids is 2. The summed E-state index contributed by atoms with van der Waals surface area (Å²) in [5.41, 5.74) is 0. The van der Waals surface area contributed by atoms with E-state index in [1.54, 1.807) is 0 Å². The molecule has 0 aromatic heterocycles. The smallest absolute Gasteiger partial charge is 0.456 e. The number of phosphoric acid groups is 1. The van der Waals surface area contributed by atoms with Gasteiger partial charge in [-0.25, -0.2) is 4.57 Å². The third kappa shape index (κ3) is 65.5. The molecular formula is C75H138N2O7P+. The van der Waals surface area contributed by atoms with Crippen molar-refractivity contribution in [3.63, 3.8) is 0 Å². The summed E-state index contributed by atoms with van der Waals surface area (Å²) in [6.45, 7) is 6.99. The first-order valence-electron chi connectivity index (χ1n) is 35.9. The normalized spacial score (nSPS) is 14.0. The quantitative estimate of drug-likeness (QED) is 0.0205. The van der Waals surface area contributed by atoms with Crippen molar-refractivity contribution in [1.29, 1.82) is 0 Å². The highest BCUT2D eigenvalue weighted by Gasteiger charge is 2.30. The zero-order chi connectivity index (χ0) is 62.1. The lowest BCUT2D eigenvalue weighted by molar-refractivity contribution is -0.870. The molecule has 0 spiro atoms. The number of nitrogens with one attached hydrogen (secondary N) is 1. The third-order valence-corrected chi connectivity index (χ3v) is 16.8. The van der Waals surface area contributed by atoms with Crippen LogP contribution in [0, 0.1) is 0 Å². The summed E-state index contributed by atoms with van der Waals surface area (Å²) in [6.07, 6.45) is 85.8. The molecule has 0 fully saturated rings. The second-order valence-electron chi connectivity index (χ2n) is 25.4. The van der Waals surface area contributed by atoms with Crippen molar-refractivity contribution in [2.24, 2.45) is 0 Å². The second-order valence-corrected chi connectivity index (χ2v) is 26.9. The first kappa shape index (κ1) is 82.2. The molecule has 3 atom stereocenters. The molecule has 0 saturated heterocycles. The average molecular weight is 1210 g/mol. The fourth-order valence-corrected chi connectivity index (χ4v) is 11.0. The largest absolute Gasteiger partial charge is 0.472 e. The van der Waals surface area contributed by atoms with Crippen LogP contribution in [0.1, 0.15) is 329 Å². The highest BCUT2D eigenvalue weighted by molar-refractivity contribution is 7.47.